The second-order valence-electron chi connectivity index (χ2n) is 4.46. The molecule has 1 aromatic carbocycles. The van der Waals surface area contributed by atoms with Crippen LogP contribution in [0.25, 0.3) is 5.69 Å². The molecule has 0 bridgehead atoms. The van der Waals surface area contributed by atoms with Crippen molar-refractivity contribution in [3.05, 3.63) is 47.5 Å². The Kier molecular flexibility index (Phi) is 4.15. The first-order chi connectivity index (χ1) is 8.76. The highest BCUT2D eigenvalue weighted by Gasteiger charge is 2.05. The van der Waals surface area contributed by atoms with Crippen LogP contribution in [0.2, 0.25) is 0 Å². The lowest BCUT2D eigenvalue weighted by Gasteiger charge is -2.11. The van der Waals surface area contributed by atoms with Gasteiger partial charge in [-0.15, -0.1) is 0 Å². The van der Waals surface area contributed by atoms with Gasteiger partial charge >= 0.3 is 0 Å². The largest absolute Gasteiger partial charge is 0.313 e. The zero-order valence-corrected chi connectivity index (χ0v) is 11.4. The van der Waals surface area contributed by atoms with Gasteiger partial charge in [0, 0.05) is 31.0 Å². The maximum absolute atomic E-state index is 4.36. The van der Waals surface area contributed by atoms with Crippen LogP contribution in [0.5, 0.6) is 0 Å². The van der Waals surface area contributed by atoms with Gasteiger partial charge in [0.15, 0.2) is 0 Å². The summed E-state index contributed by atoms with van der Waals surface area (Å²) in [5.41, 5.74) is 3.88. The number of benzene rings is 1. The minimum absolute atomic E-state index is 0.938. The first-order valence-electron chi connectivity index (χ1n) is 6.59. The van der Waals surface area contributed by atoms with Crippen molar-refractivity contribution in [2.75, 3.05) is 6.54 Å². The number of aromatic nitrogens is 2. The number of hydrogen-bond acceptors (Lipinski definition) is 2. The molecule has 1 N–H and O–H groups in total. The van der Waals surface area contributed by atoms with E-state index in [1.807, 2.05) is 12.4 Å². The Balaban J connectivity index is 2.28. The number of aryl methyl sites for hydroxylation is 2. The van der Waals surface area contributed by atoms with Gasteiger partial charge in [-0.3, -0.25) is 0 Å². The summed E-state index contributed by atoms with van der Waals surface area (Å²) < 4.78 is 2.16. The molecule has 0 radical (unpaired) electrons. The number of hydrogen-bond donors (Lipinski definition) is 1. The van der Waals surface area contributed by atoms with Gasteiger partial charge in [0.25, 0.3) is 0 Å². The SMILES string of the molecule is CCNCc1ccc(-n2ccnc2CC)cc1C. The molecule has 1 aromatic heterocycles. The fourth-order valence-corrected chi connectivity index (χ4v) is 2.12. The van der Waals surface area contributed by atoms with Gasteiger partial charge in [-0.1, -0.05) is 19.9 Å². The Morgan fingerprint density at radius 1 is 1.28 bits per heavy atom. The van der Waals surface area contributed by atoms with Crippen LogP contribution in [0.4, 0.5) is 0 Å². The molecule has 2 rings (SSSR count). The van der Waals surface area contributed by atoms with Gasteiger partial charge in [-0.05, 0) is 36.7 Å². The average molecular weight is 243 g/mol. The van der Waals surface area contributed by atoms with E-state index in [1.54, 1.807) is 0 Å². The lowest BCUT2D eigenvalue weighted by atomic mass is 10.1. The Hall–Kier alpha value is -1.61. The molecule has 0 saturated carbocycles. The lowest BCUT2D eigenvalue weighted by Crippen LogP contribution is -2.12. The van der Waals surface area contributed by atoms with Crippen molar-refractivity contribution < 1.29 is 0 Å². The summed E-state index contributed by atoms with van der Waals surface area (Å²) in [6.45, 7) is 8.36. The predicted octanol–water partition coefficient (Wildman–Crippen LogP) is 2.85. The Labute approximate surface area is 109 Å². The molecule has 0 unspecified atom stereocenters. The molecule has 0 saturated heterocycles. The summed E-state index contributed by atoms with van der Waals surface area (Å²) in [7, 11) is 0. The molecule has 96 valence electrons. The van der Waals surface area contributed by atoms with E-state index in [2.05, 4.69) is 53.8 Å². The number of nitrogens with one attached hydrogen (secondary N) is 1. The van der Waals surface area contributed by atoms with Gasteiger partial charge in [-0.25, -0.2) is 4.98 Å². The molecule has 1 heterocycles. The highest BCUT2D eigenvalue weighted by Crippen LogP contribution is 2.16. The van der Waals surface area contributed by atoms with Gasteiger partial charge in [0.1, 0.15) is 5.82 Å². The van der Waals surface area contributed by atoms with Gasteiger partial charge < -0.3 is 9.88 Å². The second-order valence-corrected chi connectivity index (χ2v) is 4.46. The van der Waals surface area contributed by atoms with Crippen molar-refractivity contribution in [3.63, 3.8) is 0 Å². The summed E-state index contributed by atoms with van der Waals surface area (Å²) in [6.07, 6.45) is 4.84. The smallest absolute Gasteiger partial charge is 0.112 e. The molecular formula is C15H21N3. The Bertz CT molecular complexity index is 514. The maximum Gasteiger partial charge on any atom is 0.112 e. The van der Waals surface area contributed by atoms with E-state index in [0.717, 1.165) is 25.3 Å². The van der Waals surface area contributed by atoms with E-state index in [0.29, 0.717) is 0 Å². The molecule has 0 aliphatic carbocycles. The summed E-state index contributed by atoms with van der Waals surface area (Å²) in [6, 6.07) is 6.60. The van der Waals surface area contributed by atoms with Crippen molar-refractivity contribution in [1.29, 1.82) is 0 Å². The summed E-state index contributed by atoms with van der Waals surface area (Å²) in [4.78, 5) is 4.36. The van der Waals surface area contributed by atoms with Crippen molar-refractivity contribution >= 4 is 0 Å². The molecule has 3 heteroatoms. The zero-order chi connectivity index (χ0) is 13.0. The van der Waals surface area contributed by atoms with Crippen molar-refractivity contribution in [1.82, 2.24) is 14.9 Å². The fraction of sp³-hybridized carbons (Fsp3) is 0.400. The van der Waals surface area contributed by atoms with Gasteiger partial charge in [0.05, 0.1) is 0 Å². The maximum atomic E-state index is 4.36. The number of imidazole rings is 1. The van der Waals surface area contributed by atoms with Crippen LogP contribution in [-0.2, 0) is 13.0 Å². The standard InChI is InChI=1S/C15H21N3/c1-4-15-17-8-9-18(15)14-7-6-13(11-16-5-2)12(3)10-14/h6-10,16H,4-5,11H2,1-3H3. The van der Waals surface area contributed by atoms with Crippen LogP contribution in [-0.4, -0.2) is 16.1 Å². The van der Waals surface area contributed by atoms with Crippen molar-refractivity contribution in [3.8, 4) is 5.69 Å². The van der Waals surface area contributed by atoms with E-state index in [-0.39, 0.29) is 0 Å². The van der Waals surface area contributed by atoms with E-state index in [1.165, 1.54) is 16.8 Å². The van der Waals surface area contributed by atoms with Crippen LogP contribution in [0, 0.1) is 6.92 Å². The molecule has 2 aromatic rings. The monoisotopic (exact) mass is 243 g/mol. The fourth-order valence-electron chi connectivity index (χ4n) is 2.12. The minimum Gasteiger partial charge on any atom is -0.313 e. The third-order valence-electron chi connectivity index (χ3n) is 3.20. The summed E-state index contributed by atoms with van der Waals surface area (Å²) in [5, 5.41) is 3.36. The molecule has 0 aliphatic heterocycles. The third kappa shape index (κ3) is 2.62. The highest BCUT2D eigenvalue weighted by atomic mass is 15.1. The van der Waals surface area contributed by atoms with Crippen molar-refractivity contribution in [2.24, 2.45) is 0 Å². The summed E-state index contributed by atoms with van der Waals surface area (Å²) in [5.74, 6) is 1.11. The van der Waals surface area contributed by atoms with E-state index >= 15 is 0 Å². The minimum atomic E-state index is 0.938. The first kappa shape index (κ1) is 12.8. The van der Waals surface area contributed by atoms with Gasteiger partial charge in [-0.2, -0.15) is 0 Å². The molecule has 0 atom stereocenters. The Morgan fingerprint density at radius 3 is 2.78 bits per heavy atom. The molecule has 18 heavy (non-hydrogen) atoms. The topological polar surface area (TPSA) is 29.9 Å². The molecule has 0 fully saturated rings. The van der Waals surface area contributed by atoms with Crippen molar-refractivity contribution in [2.45, 2.75) is 33.7 Å². The van der Waals surface area contributed by atoms with E-state index < -0.39 is 0 Å². The average Bonchev–Trinajstić information content (AvgIpc) is 2.85. The first-order valence-corrected chi connectivity index (χ1v) is 6.59. The van der Waals surface area contributed by atoms with Crippen LogP contribution < -0.4 is 5.32 Å². The predicted molar refractivity (Wildman–Crippen MR) is 75.1 cm³/mol. The Morgan fingerprint density at radius 2 is 2.11 bits per heavy atom. The van der Waals surface area contributed by atoms with E-state index in [4.69, 9.17) is 0 Å². The van der Waals surface area contributed by atoms with Crippen LogP contribution >= 0.6 is 0 Å². The lowest BCUT2D eigenvalue weighted by molar-refractivity contribution is 0.723. The molecule has 0 aliphatic rings. The highest BCUT2D eigenvalue weighted by molar-refractivity contribution is 5.41. The zero-order valence-electron chi connectivity index (χ0n) is 11.4. The second kappa shape index (κ2) is 5.83. The molecule has 0 amide bonds. The normalized spacial score (nSPS) is 10.8. The van der Waals surface area contributed by atoms with Gasteiger partial charge in [0.2, 0.25) is 0 Å². The quantitative estimate of drug-likeness (QED) is 0.875. The summed E-state index contributed by atoms with van der Waals surface area (Å²) >= 11 is 0. The molecular weight excluding hydrogens is 222 g/mol. The van der Waals surface area contributed by atoms with Crippen LogP contribution in [0.15, 0.2) is 30.6 Å². The number of nitrogens with zero attached hydrogens (tertiary/aromatic N) is 2. The molecule has 3 nitrogen and oxygen atoms in total. The van der Waals surface area contributed by atoms with Crippen LogP contribution in [0.1, 0.15) is 30.8 Å². The molecule has 0 spiro atoms. The van der Waals surface area contributed by atoms with Crippen LogP contribution in [0.3, 0.4) is 0 Å². The van der Waals surface area contributed by atoms with E-state index in [9.17, 15) is 0 Å². The number of rotatable bonds is 5. The third-order valence-corrected chi connectivity index (χ3v) is 3.20.